The molecule has 1 aromatic rings. The first-order valence-corrected chi connectivity index (χ1v) is 5.77. The van der Waals surface area contributed by atoms with Gasteiger partial charge < -0.3 is 9.84 Å². The standard InChI is InChI=1S/C12H20N2O/c1-9-11(10(2)15-14-9)8-13-12(3)6-4-5-7-12/h13H,4-8H2,1-3H3. The molecule has 3 heteroatoms. The normalized spacial score (nSPS) is 19.7. The van der Waals surface area contributed by atoms with Gasteiger partial charge in [-0.3, -0.25) is 0 Å². The first-order chi connectivity index (χ1) is 7.11. The van der Waals surface area contributed by atoms with Gasteiger partial charge in [0.05, 0.1) is 5.69 Å². The van der Waals surface area contributed by atoms with E-state index in [9.17, 15) is 0 Å². The van der Waals surface area contributed by atoms with Crippen LogP contribution in [0.25, 0.3) is 0 Å². The Balaban J connectivity index is 1.98. The van der Waals surface area contributed by atoms with Gasteiger partial charge in [0.2, 0.25) is 0 Å². The maximum atomic E-state index is 5.15. The Hall–Kier alpha value is -0.830. The minimum absolute atomic E-state index is 0.330. The van der Waals surface area contributed by atoms with E-state index in [1.54, 1.807) is 0 Å². The molecule has 0 bridgehead atoms. The highest BCUT2D eigenvalue weighted by Crippen LogP contribution is 2.29. The molecule has 0 atom stereocenters. The van der Waals surface area contributed by atoms with Gasteiger partial charge in [0.15, 0.2) is 0 Å². The van der Waals surface area contributed by atoms with Crippen molar-refractivity contribution in [2.24, 2.45) is 0 Å². The Morgan fingerprint density at radius 3 is 2.53 bits per heavy atom. The molecule has 1 aliphatic carbocycles. The predicted octanol–water partition coefficient (Wildman–Crippen LogP) is 2.71. The van der Waals surface area contributed by atoms with Gasteiger partial charge in [0, 0.05) is 17.6 Å². The number of nitrogens with zero attached hydrogens (tertiary/aromatic N) is 1. The largest absolute Gasteiger partial charge is 0.361 e. The molecule has 84 valence electrons. The smallest absolute Gasteiger partial charge is 0.138 e. The van der Waals surface area contributed by atoms with E-state index in [-0.39, 0.29) is 0 Å². The molecular weight excluding hydrogens is 188 g/mol. The molecule has 1 fully saturated rings. The summed E-state index contributed by atoms with van der Waals surface area (Å²) in [6.07, 6.45) is 5.28. The van der Waals surface area contributed by atoms with E-state index in [4.69, 9.17) is 4.52 Å². The van der Waals surface area contributed by atoms with Crippen LogP contribution in [0.1, 0.15) is 49.6 Å². The van der Waals surface area contributed by atoms with Crippen LogP contribution in [0.4, 0.5) is 0 Å². The topological polar surface area (TPSA) is 38.1 Å². The molecule has 1 aromatic heterocycles. The summed E-state index contributed by atoms with van der Waals surface area (Å²) in [5.41, 5.74) is 2.57. The van der Waals surface area contributed by atoms with E-state index in [1.165, 1.54) is 31.2 Å². The molecule has 0 aromatic carbocycles. The number of hydrogen-bond acceptors (Lipinski definition) is 3. The highest BCUT2D eigenvalue weighted by Gasteiger charge is 2.28. The first-order valence-electron chi connectivity index (χ1n) is 5.77. The zero-order valence-corrected chi connectivity index (χ0v) is 9.89. The summed E-state index contributed by atoms with van der Waals surface area (Å²) in [5, 5.41) is 7.61. The third kappa shape index (κ3) is 2.23. The van der Waals surface area contributed by atoms with Crippen LogP contribution in [0.2, 0.25) is 0 Å². The van der Waals surface area contributed by atoms with E-state index in [1.807, 2.05) is 13.8 Å². The van der Waals surface area contributed by atoms with Crippen LogP contribution in [0.5, 0.6) is 0 Å². The SMILES string of the molecule is Cc1noc(C)c1CNC1(C)CCCC1. The summed E-state index contributed by atoms with van der Waals surface area (Å²) in [6.45, 7) is 7.19. The quantitative estimate of drug-likeness (QED) is 0.830. The number of hydrogen-bond donors (Lipinski definition) is 1. The molecule has 1 N–H and O–H groups in total. The fourth-order valence-electron chi connectivity index (χ4n) is 2.39. The zero-order valence-electron chi connectivity index (χ0n) is 9.89. The molecule has 15 heavy (non-hydrogen) atoms. The minimum atomic E-state index is 0.330. The van der Waals surface area contributed by atoms with Crippen molar-refractivity contribution in [3.8, 4) is 0 Å². The average Bonchev–Trinajstić information content (AvgIpc) is 2.74. The van der Waals surface area contributed by atoms with Crippen LogP contribution in [0.15, 0.2) is 4.52 Å². The lowest BCUT2D eigenvalue weighted by atomic mass is 10.00. The molecule has 1 heterocycles. The summed E-state index contributed by atoms with van der Waals surface area (Å²) >= 11 is 0. The zero-order chi connectivity index (χ0) is 10.9. The van der Waals surface area contributed by atoms with Crippen molar-refractivity contribution in [1.29, 1.82) is 0 Å². The second-order valence-corrected chi connectivity index (χ2v) is 4.92. The fourth-order valence-corrected chi connectivity index (χ4v) is 2.39. The molecule has 0 aliphatic heterocycles. The summed E-state index contributed by atoms with van der Waals surface area (Å²) in [6, 6.07) is 0. The average molecular weight is 208 g/mol. The second-order valence-electron chi connectivity index (χ2n) is 4.92. The van der Waals surface area contributed by atoms with Crippen molar-refractivity contribution in [2.75, 3.05) is 0 Å². The number of rotatable bonds is 3. The number of aromatic nitrogens is 1. The molecule has 3 nitrogen and oxygen atoms in total. The molecule has 1 saturated carbocycles. The molecule has 0 unspecified atom stereocenters. The Bertz CT molecular complexity index is 318. The molecule has 0 spiro atoms. The van der Waals surface area contributed by atoms with Gasteiger partial charge in [-0.15, -0.1) is 0 Å². The number of aryl methyl sites for hydroxylation is 2. The van der Waals surface area contributed by atoms with E-state index in [0.29, 0.717) is 5.54 Å². The van der Waals surface area contributed by atoms with Crippen LogP contribution in [0, 0.1) is 13.8 Å². The van der Waals surface area contributed by atoms with Gasteiger partial charge >= 0.3 is 0 Å². The van der Waals surface area contributed by atoms with E-state index >= 15 is 0 Å². The van der Waals surface area contributed by atoms with E-state index in [0.717, 1.165) is 18.0 Å². The summed E-state index contributed by atoms with van der Waals surface area (Å²) in [7, 11) is 0. The maximum Gasteiger partial charge on any atom is 0.138 e. The highest BCUT2D eigenvalue weighted by molar-refractivity contribution is 5.20. The van der Waals surface area contributed by atoms with Crippen LogP contribution in [-0.4, -0.2) is 10.7 Å². The molecular formula is C12H20N2O. The van der Waals surface area contributed by atoms with Crippen molar-refractivity contribution in [3.63, 3.8) is 0 Å². The van der Waals surface area contributed by atoms with Crippen LogP contribution >= 0.6 is 0 Å². The van der Waals surface area contributed by atoms with Crippen LogP contribution in [-0.2, 0) is 6.54 Å². The van der Waals surface area contributed by atoms with Gasteiger partial charge in [-0.25, -0.2) is 0 Å². The molecule has 0 radical (unpaired) electrons. The third-order valence-corrected chi connectivity index (χ3v) is 3.58. The number of nitrogens with one attached hydrogen (secondary N) is 1. The third-order valence-electron chi connectivity index (χ3n) is 3.58. The Kier molecular flexibility index (Phi) is 2.83. The lowest BCUT2D eigenvalue weighted by Gasteiger charge is -2.25. The minimum Gasteiger partial charge on any atom is -0.361 e. The Labute approximate surface area is 91.2 Å². The Morgan fingerprint density at radius 2 is 2.00 bits per heavy atom. The predicted molar refractivity (Wildman–Crippen MR) is 59.7 cm³/mol. The second kappa shape index (κ2) is 3.97. The van der Waals surface area contributed by atoms with Gasteiger partial charge in [0.25, 0.3) is 0 Å². The van der Waals surface area contributed by atoms with E-state index < -0.39 is 0 Å². The highest BCUT2D eigenvalue weighted by atomic mass is 16.5. The van der Waals surface area contributed by atoms with Crippen LogP contribution < -0.4 is 5.32 Å². The lowest BCUT2D eigenvalue weighted by molar-refractivity contribution is 0.359. The summed E-state index contributed by atoms with van der Waals surface area (Å²) in [4.78, 5) is 0. The molecule has 0 saturated heterocycles. The summed E-state index contributed by atoms with van der Waals surface area (Å²) < 4.78 is 5.15. The van der Waals surface area contributed by atoms with Crippen molar-refractivity contribution in [1.82, 2.24) is 10.5 Å². The molecule has 2 rings (SSSR count). The van der Waals surface area contributed by atoms with Crippen molar-refractivity contribution in [2.45, 2.75) is 58.5 Å². The van der Waals surface area contributed by atoms with Crippen molar-refractivity contribution in [3.05, 3.63) is 17.0 Å². The van der Waals surface area contributed by atoms with E-state index in [2.05, 4.69) is 17.4 Å². The summed E-state index contributed by atoms with van der Waals surface area (Å²) in [5.74, 6) is 0.946. The monoisotopic (exact) mass is 208 g/mol. The van der Waals surface area contributed by atoms with Crippen molar-refractivity contribution < 1.29 is 4.52 Å². The maximum absolute atomic E-state index is 5.15. The Morgan fingerprint density at radius 1 is 1.33 bits per heavy atom. The fraction of sp³-hybridized carbons (Fsp3) is 0.750. The van der Waals surface area contributed by atoms with Crippen molar-refractivity contribution >= 4 is 0 Å². The molecule has 0 amide bonds. The first kappa shape index (κ1) is 10.7. The van der Waals surface area contributed by atoms with Crippen LogP contribution in [0.3, 0.4) is 0 Å². The van der Waals surface area contributed by atoms with Gasteiger partial charge in [-0.1, -0.05) is 18.0 Å². The van der Waals surface area contributed by atoms with Gasteiger partial charge in [-0.2, -0.15) is 0 Å². The molecule has 1 aliphatic rings. The van der Waals surface area contributed by atoms with Gasteiger partial charge in [-0.05, 0) is 33.6 Å². The van der Waals surface area contributed by atoms with Gasteiger partial charge in [0.1, 0.15) is 5.76 Å². The lowest BCUT2D eigenvalue weighted by Crippen LogP contribution is -2.38.